The van der Waals surface area contributed by atoms with Crippen molar-refractivity contribution in [3.05, 3.63) is 83.7 Å². The van der Waals surface area contributed by atoms with Crippen LogP contribution in [0.25, 0.3) is 0 Å². The van der Waals surface area contributed by atoms with Crippen molar-refractivity contribution >= 4 is 23.2 Å². The molecule has 1 aliphatic heterocycles. The third kappa shape index (κ3) is 4.25. The zero-order valence-corrected chi connectivity index (χ0v) is 16.1. The van der Waals surface area contributed by atoms with E-state index >= 15 is 0 Å². The fourth-order valence-corrected chi connectivity index (χ4v) is 3.01. The van der Waals surface area contributed by atoms with E-state index < -0.39 is 6.10 Å². The van der Waals surface area contributed by atoms with E-state index in [4.69, 9.17) is 9.47 Å². The number of benzene rings is 3. The molecule has 0 saturated heterocycles. The molecule has 152 valence electrons. The minimum atomic E-state index is -0.567. The van der Waals surface area contributed by atoms with Crippen LogP contribution in [0.2, 0.25) is 0 Å². The lowest BCUT2D eigenvalue weighted by Gasteiger charge is -2.23. The highest BCUT2D eigenvalue weighted by Crippen LogP contribution is 2.32. The molecule has 2 amide bonds. The molecule has 1 aliphatic rings. The minimum Gasteiger partial charge on any atom is -0.488 e. The first-order valence-electron chi connectivity index (χ1n) is 9.39. The number of nitrogens with one attached hydrogen (secondary N) is 2. The number of carbonyl (C=O) groups is 2. The van der Waals surface area contributed by atoms with E-state index in [1.54, 1.807) is 61.5 Å². The summed E-state index contributed by atoms with van der Waals surface area (Å²) < 4.78 is 24.3. The molecule has 1 heterocycles. The Labute approximate surface area is 172 Å². The maximum Gasteiger partial charge on any atom is 0.265 e. The van der Waals surface area contributed by atoms with Gasteiger partial charge in [-0.15, -0.1) is 0 Å². The molecule has 0 bridgehead atoms. The summed E-state index contributed by atoms with van der Waals surface area (Å²) in [6.07, 6.45) is -0.567. The predicted octanol–water partition coefficient (Wildman–Crippen LogP) is 4.38. The van der Waals surface area contributed by atoms with E-state index in [0.29, 0.717) is 28.4 Å². The van der Waals surface area contributed by atoms with Crippen LogP contribution in [0.1, 0.15) is 22.8 Å². The Morgan fingerprint density at radius 2 is 1.90 bits per heavy atom. The summed E-state index contributed by atoms with van der Waals surface area (Å²) in [7, 11) is 0. The second-order valence-corrected chi connectivity index (χ2v) is 6.83. The van der Waals surface area contributed by atoms with Crippen LogP contribution >= 0.6 is 0 Å². The number of para-hydroxylation sites is 1. The summed E-state index contributed by atoms with van der Waals surface area (Å²) >= 11 is 0. The summed E-state index contributed by atoms with van der Waals surface area (Å²) in [4.78, 5) is 24.6. The standard InChI is InChI=1S/C23H19FN2O4/c1-14-22(27)26-19-12-17(10-11-21(19)30-14)25-23(28)18-4-2-3-5-20(18)29-13-15-6-8-16(24)9-7-15/h2-12,14H,13H2,1H3,(H,25,28)(H,26,27). The maximum atomic E-state index is 13.0. The highest BCUT2D eigenvalue weighted by atomic mass is 19.1. The fraction of sp³-hybridized carbons (Fsp3) is 0.130. The van der Waals surface area contributed by atoms with Crippen LogP contribution in [0.5, 0.6) is 11.5 Å². The molecule has 0 saturated carbocycles. The molecule has 0 fully saturated rings. The van der Waals surface area contributed by atoms with Gasteiger partial charge >= 0.3 is 0 Å². The van der Waals surface area contributed by atoms with Gasteiger partial charge in [-0.05, 0) is 55.0 Å². The number of amides is 2. The topological polar surface area (TPSA) is 76.7 Å². The second-order valence-electron chi connectivity index (χ2n) is 6.83. The molecule has 0 radical (unpaired) electrons. The van der Waals surface area contributed by atoms with Gasteiger partial charge in [-0.2, -0.15) is 0 Å². The molecule has 3 aromatic rings. The smallest absolute Gasteiger partial charge is 0.265 e. The van der Waals surface area contributed by atoms with E-state index in [2.05, 4.69) is 10.6 Å². The Bertz CT molecular complexity index is 1100. The van der Waals surface area contributed by atoms with Crippen LogP contribution in [0.3, 0.4) is 0 Å². The molecule has 0 aliphatic carbocycles. The van der Waals surface area contributed by atoms with Crippen molar-refractivity contribution in [2.75, 3.05) is 10.6 Å². The third-order valence-electron chi connectivity index (χ3n) is 4.61. The molecule has 30 heavy (non-hydrogen) atoms. The number of rotatable bonds is 5. The third-order valence-corrected chi connectivity index (χ3v) is 4.61. The second kappa shape index (κ2) is 8.24. The monoisotopic (exact) mass is 406 g/mol. The van der Waals surface area contributed by atoms with Gasteiger partial charge in [-0.1, -0.05) is 24.3 Å². The number of halogens is 1. The van der Waals surface area contributed by atoms with Crippen molar-refractivity contribution in [1.29, 1.82) is 0 Å². The SMILES string of the molecule is CC1Oc2ccc(NC(=O)c3ccccc3OCc3ccc(F)cc3)cc2NC1=O. The van der Waals surface area contributed by atoms with Crippen molar-refractivity contribution < 1.29 is 23.5 Å². The Kier molecular flexibility index (Phi) is 5.34. The number of hydrogen-bond donors (Lipinski definition) is 2. The average molecular weight is 406 g/mol. The van der Waals surface area contributed by atoms with Gasteiger partial charge < -0.3 is 20.1 Å². The quantitative estimate of drug-likeness (QED) is 0.659. The Morgan fingerprint density at radius 1 is 1.13 bits per heavy atom. The van der Waals surface area contributed by atoms with Crippen molar-refractivity contribution in [2.45, 2.75) is 19.6 Å². The molecule has 6 nitrogen and oxygen atoms in total. The van der Waals surface area contributed by atoms with Gasteiger partial charge in [0.05, 0.1) is 11.3 Å². The Morgan fingerprint density at radius 3 is 2.70 bits per heavy atom. The van der Waals surface area contributed by atoms with Gasteiger partial charge in [0, 0.05) is 5.69 Å². The van der Waals surface area contributed by atoms with Gasteiger partial charge in [0.2, 0.25) is 0 Å². The molecule has 7 heteroatoms. The molecule has 4 rings (SSSR count). The van der Waals surface area contributed by atoms with Gasteiger partial charge in [-0.25, -0.2) is 4.39 Å². The molecule has 3 aromatic carbocycles. The molecular weight excluding hydrogens is 387 g/mol. The Hall–Kier alpha value is -3.87. The molecule has 2 N–H and O–H groups in total. The summed E-state index contributed by atoms with van der Waals surface area (Å²) in [5.74, 6) is 0.0251. The summed E-state index contributed by atoms with van der Waals surface area (Å²) in [6, 6.07) is 17.9. The lowest BCUT2D eigenvalue weighted by Crippen LogP contribution is -2.34. The largest absolute Gasteiger partial charge is 0.488 e. The first-order valence-corrected chi connectivity index (χ1v) is 9.39. The highest BCUT2D eigenvalue weighted by molar-refractivity contribution is 6.07. The van der Waals surface area contributed by atoms with Crippen molar-refractivity contribution in [1.82, 2.24) is 0 Å². The zero-order valence-electron chi connectivity index (χ0n) is 16.1. The lowest BCUT2D eigenvalue weighted by molar-refractivity contribution is -0.122. The Balaban J connectivity index is 1.48. The van der Waals surface area contributed by atoms with Crippen LogP contribution in [0.4, 0.5) is 15.8 Å². The van der Waals surface area contributed by atoms with Gasteiger partial charge in [-0.3, -0.25) is 9.59 Å². The van der Waals surface area contributed by atoms with Crippen molar-refractivity contribution in [2.24, 2.45) is 0 Å². The van der Waals surface area contributed by atoms with Crippen molar-refractivity contribution in [3.63, 3.8) is 0 Å². The summed E-state index contributed by atoms with van der Waals surface area (Å²) in [5, 5.41) is 5.56. The molecule has 1 unspecified atom stereocenters. The fourth-order valence-electron chi connectivity index (χ4n) is 3.01. The lowest BCUT2D eigenvalue weighted by atomic mass is 10.1. The van der Waals surface area contributed by atoms with E-state index in [0.717, 1.165) is 5.56 Å². The predicted molar refractivity (Wildman–Crippen MR) is 110 cm³/mol. The van der Waals surface area contributed by atoms with E-state index in [9.17, 15) is 14.0 Å². The first-order chi connectivity index (χ1) is 14.5. The number of anilines is 2. The van der Waals surface area contributed by atoms with Crippen LogP contribution in [-0.2, 0) is 11.4 Å². The van der Waals surface area contributed by atoms with E-state index in [-0.39, 0.29) is 24.2 Å². The van der Waals surface area contributed by atoms with Crippen LogP contribution in [0, 0.1) is 5.82 Å². The number of carbonyl (C=O) groups excluding carboxylic acids is 2. The summed E-state index contributed by atoms with van der Waals surface area (Å²) in [5.41, 5.74) is 2.14. The first kappa shape index (κ1) is 19.4. The number of hydrogen-bond acceptors (Lipinski definition) is 4. The zero-order chi connectivity index (χ0) is 21.1. The van der Waals surface area contributed by atoms with Crippen LogP contribution < -0.4 is 20.1 Å². The van der Waals surface area contributed by atoms with Crippen molar-refractivity contribution in [3.8, 4) is 11.5 Å². The van der Waals surface area contributed by atoms with Gasteiger partial charge in [0.15, 0.2) is 6.10 Å². The van der Waals surface area contributed by atoms with E-state index in [1.165, 1.54) is 12.1 Å². The number of fused-ring (bicyclic) bond motifs is 1. The van der Waals surface area contributed by atoms with Crippen LogP contribution in [-0.4, -0.2) is 17.9 Å². The highest BCUT2D eigenvalue weighted by Gasteiger charge is 2.24. The maximum absolute atomic E-state index is 13.0. The van der Waals surface area contributed by atoms with Gasteiger partial charge in [0.25, 0.3) is 11.8 Å². The number of ether oxygens (including phenoxy) is 2. The minimum absolute atomic E-state index is 0.199. The molecule has 1 atom stereocenters. The normalized spacial score (nSPS) is 14.9. The van der Waals surface area contributed by atoms with Gasteiger partial charge in [0.1, 0.15) is 23.9 Å². The van der Waals surface area contributed by atoms with E-state index in [1.807, 2.05) is 0 Å². The molecule has 0 aromatic heterocycles. The van der Waals surface area contributed by atoms with Crippen LogP contribution in [0.15, 0.2) is 66.7 Å². The molecular formula is C23H19FN2O4. The summed E-state index contributed by atoms with van der Waals surface area (Å²) in [6.45, 7) is 1.86. The average Bonchev–Trinajstić information content (AvgIpc) is 2.74. The molecule has 0 spiro atoms.